The molecule has 2 heteroatoms. The summed E-state index contributed by atoms with van der Waals surface area (Å²) >= 11 is 0. The lowest BCUT2D eigenvalue weighted by Crippen LogP contribution is -2.09. The molecule has 0 unspecified atom stereocenters. The second-order valence-electron chi connectivity index (χ2n) is 5.05. The summed E-state index contributed by atoms with van der Waals surface area (Å²) in [5, 5.41) is 2.36. The van der Waals surface area contributed by atoms with Crippen molar-refractivity contribution < 1.29 is 9.53 Å². The van der Waals surface area contributed by atoms with Gasteiger partial charge in [0.1, 0.15) is 0 Å². The molecule has 0 saturated heterocycles. The fourth-order valence-electron chi connectivity index (χ4n) is 2.42. The molecule has 20 heavy (non-hydrogen) atoms. The number of aryl methyl sites for hydroxylation is 1. The largest absolute Gasteiger partial charge is 0.462 e. The van der Waals surface area contributed by atoms with Crippen LogP contribution in [0.25, 0.3) is 10.8 Å². The van der Waals surface area contributed by atoms with Gasteiger partial charge in [-0.15, -0.1) is 0 Å². The number of carbonyl (C=O) groups is 1. The van der Waals surface area contributed by atoms with Crippen LogP contribution in [-0.2, 0) is 11.2 Å². The first-order chi connectivity index (χ1) is 9.77. The number of rotatable bonds is 6. The van der Waals surface area contributed by atoms with Gasteiger partial charge in [0.25, 0.3) is 0 Å². The van der Waals surface area contributed by atoms with E-state index in [0.29, 0.717) is 6.61 Å². The van der Waals surface area contributed by atoms with Crippen molar-refractivity contribution in [3.8, 4) is 0 Å². The van der Waals surface area contributed by atoms with Crippen LogP contribution in [-0.4, -0.2) is 12.6 Å². The number of carbonyl (C=O) groups excluding carboxylic acids is 1. The van der Waals surface area contributed by atoms with Crippen molar-refractivity contribution in [3.63, 3.8) is 0 Å². The molecule has 2 nitrogen and oxygen atoms in total. The maximum absolute atomic E-state index is 12.2. The Balaban J connectivity index is 2.44. The number of unbranched alkanes of at least 4 members (excludes halogenated alkanes) is 1. The highest BCUT2D eigenvalue weighted by atomic mass is 16.5. The molecule has 0 bridgehead atoms. The van der Waals surface area contributed by atoms with E-state index in [1.807, 2.05) is 31.2 Å². The summed E-state index contributed by atoms with van der Waals surface area (Å²) in [5.74, 6) is -0.191. The number of benzene rings is 2. The molecule has 0 N–H and O–H groups in total. The average Bonchev–Trinajstić information content (AvgIpc) is 2.50. The summed E-state index contributed by atoms with van der Waals surface area (Å²) in [5.41, 5.74) is 1.86. The van der Waals surface area contributed by atoms with Gasteiger partial charge in [0.15, 0.2) is 0 Å². The zero-order valence-corrected chi connectivity index (χ0v) is 12.3. The van der Waals surface area contributed by atoms with Crippen LogP contribution >= 0.6 is 0 Å². The summed E-state index contributed by atoms with van der Waals surface area (Å²) < 4.78 is 5.31. The van der Waals surface area contributed by atoms with Gasteiger partial charge in [-0.25, -0.2) is 4.79 Å². The molecular weight excluding hydrogens is 248 g/mol. The minimum Gasteiger partial charge on any atom is -0.462 e. The molecule has 0 fully saturated rings. The van der Waals surface area contributed by atoms with Crippen molar-refractivity contribution >= 4 is 16.7 Å². The van der Waals surface area contributed by atoms with Crippen LogP contribution in [0, 0.1) is 0 Å². The quantitative estimate of drug-likeness (QED) is 0.708. The van der Waals surface area contributed by atoms with E-state index in [9.17, 15) is 4.79 Å². The molecule has 0 heterocycles. The normalized spacial score (nSPS) is 10.7. The summed E-state index contributed by atoms with van der Waals surface area (Å²) in [6, 6.07) is 12.2. The van der Waals surface area contributed by atoms with Crippen molar-refractivity contribution in [1.29, 1.82) is 0 Å². The Morgan fingerprint density at radius 1 is 1.05 bits per heavy atom. The molecule has 0 spiro atoms. The minimum atomic E-state index is -0.191. The van der Waals surface area contributed by atoms with Gasteiger partial charge in [-0.1, -0.05) is 50.6 Å². The van der Waals surface area contributed by atoms with Crippen LogP contribution in [0.15, 0.2) is 36.4 Å². The summed E-state index contributed by atoms with van der Waals surface area (Å²) in [6.45, 7) is 4.66. The highest BCUT2D eigenvalue weighted by Gasteiger charge is 2.14. The molecule has 2 rings (SSSR count). The maximum atomic E-state index is 12.2. The fourth-order valence-corrected chi connectivity index (χ4v) is 2.42. The van der Waals surface area contributed by atoms with E-state index in [2.05, 4.69) is 19.1 Å². The van der Waals surface area contributed by atoms with Crippen molar-refractivity contribution in [3.05, 3.63) is 47.5 Å². The van der Waals surface area contributed by atoms with E-state index in [1.165, 1.54) is 10.8 Å². The third kappa shape index (κ3) is 3.19. The molecule has 0 aliphatic rings. The molecule has 0 atom stereocenters. The highest BCUT2D eigenvalue weighted by molar-refractivity contribution is 5.98. The van der Waals surface area contributed by atoms with Crippen molar-refractivity contribution in [1.82, 2.24) is 0 Å². The van der Waals surface area contributed by atoms with Crippen LogP contribution in [0.4, 0.5) is 0 Å². The zero-order chi connectivity index (χ0) is 14.4. The lowest BCUT2D eigenvalue weighted by Gasteiger charge is -2.12. The van der Waals surface area contributed by atoms with Crippen molar-refractivity contribution in [2.45, 2.75) is 39.5 Å². The smallest absolute Gasteiger partial charge is 0.338 e. The summed E-state index contributed by atoms with van der Waals surface area (Å²) in [6.07, 6.45) is 3.98. The first-order valence-corrected chi connectivity index (χ1v) is 7.45. The Hall–Kier alpha value is -1.83. The number of esters is 1. The third-order valence-corrected chi connectivity index (χ3v) is 3.48. The predicted molar refractivity (Wildman–Crippen MR) is 83.1 cm³/mol. The number of ether oxygens (including phenoxy) is 1. The molecule has 0 aromatic heterocycles. The Kier molecular flexibility index (Phi) is 5.16. The van der Waals surface area contributed by atoms with Gasteiger partial charge in [0.05, 0.1) is 12.2 Å². The van der Waals surface area contributed by atoms with Crippen molar-refractivity contribution in [2.75, 3.05) is 6.61 Å². The number of hydrogen-bond acceptors (Lipinski definition) is 2. The van der Waals surface area contributed by atoms with Gasteiger partial charge in [-0.2, -0.15) is 0 Å². The van der Waals surface area contributed by atoms with Gasteiger partial charge < -0.3 is 4.74 Å². The Morgan fingerprint density at radius 3 is 2.60 bits per heavy atom. The monoisotopic (exact) mass is 270 g/mol. The van der Waals surface area contributed by atoms with Gasteiger partial charge in [-0.05, 0) is 41.7 Å². The Bertz CT molecular complexity index is 587. The predicted octanol–water partition coefficient (Wildman–Crippen LogP) is 4.75. The lowest BCUT2D eigenvalue weighted by molar-refractivity contribution is 0.0504. The molecule has 106 valence electrons. The Morgan fingerprint density at radius 2 is 1.85 bits per heavy atom. The van der Waals surface area contributed by atoms with Crippen LogP contribution in [0.1, 0.15) is 49.0 Å². The molecule has 2 aromatic carbocycles. The summed E-state index contributed by atoms with van der Waals surface area (Å²) in [4.78, 5) is 12.2. The van der Waals surface area contributed by atoms with E-state index < -0.39 is 0 Å². The molecule has 0 aliphatic heterocycles. The Labute approximate surface area is 120 Å². The first kappa shape index (κ1) is 14.6. The van der Waals surface area contributed by atoms with E-state index >= 15 is 0 Å². The molecule has 0 radical (unpaired) electrons. The van der Waals surface area contributed by atoms with Crippen molar-refractivity contribution in [2.24, 2.45) is 0 Å². The highest BCUT2D eigenvalue weighted by Crippen LogP contribution is 2.25. The second kappa shape index (κ2) is 7.09. The molecule has 0 aliphatic carbocycles. The first-order valence-electron chi connectivity index (χ1n) is 7.45. The fraction of sp³-hybridized carbons (Fsp3) is 0.389. The topological polar surface area (TPSA) is 26.3 Å². The number of hydrogen-bond donors (Lipinski definition) is 0. The van der Waals surface area contributed by atoms with E-state index in [4.69, 9.17) is 4.74 Å². The van der Waals surface area contributed by atoms with E-state index in [1.54, 1.807) is 0 Å². The molecule has 2 aromatic rings. The SMILES string of the molecule is CCCCc1c(C(=O)OCCC)ccc2ccccc12. The standard InChI is InChI=1S/C18H22O2/c1-3-5-9-16-15-10-7-6-8-14(15)11-12-17(16)18(19)20-13-4-2/h6-8,10-12H,3-5,9,13H2,1-2H3. The van der Waals surface area contributed by atoms with Crippen LogP contribution in [0.5, 0.6) is 0 Å². The molecule has 0 saturated carbocycles. The zero-order valence-electron chi connectivity index (χ0n) is 12.3. The van der Waals surface area contributed by atoms with E-state index in [0.717, 1.165) is 36.8 Å². The maximum Gasteiger partial charge on any atom is 0.338 e. The minimum absolute atomic E-state index is 0.191. The van der Waals surface area contributed by atoms with Crippen LogP contribution in [0.3, 0.4) is 0 Å². The third-order valence-electron chi connectivity index (χ3n) is 3.48. The van der Waals surface area contributed by atoms with Gasteiger partial charge in [0, 0.05) is 0 Å². The number of fused-ring (bicyclic) bond motifs is 1. The van der Waals surface area contributed by atoms with E-state index in [-0.39, 0.29) is 5.97 Å². The lowest BCUT2D eigenvalue weighted by atomic mass is 9.95. The van der Waals surface area contributed by atoms with Gasteiger partial charge >= 0.3 is 5.97 Å². The van der Waals surface area contributed by atoms with Crippen LogP contribution in [0.2, 0.25) is 0 Å². The van der Waals surface area contributed by atoms with Gasteiger partial charge in [-0.3, -0.25) is 0 Å². The summed E-state index contributed by atoms with van der Waals surface area (Å²) in [7, 11) is 0. The average molecular weight is 270 g/mol. The van der Waals surface area contributed by atoms with Gasteiger partial charge in [0.2, 0.25) is 0 Å². The van der Waals surface area contributed by atoms with Crippen LogP contribution < -0.4 is 0 Å². The molecule has 0 amide bonds. The second-order valence-corrected chi connectivity index (χ2v) is 5.05. The molecular formula is C18H22O2.